The zero-order chi connectivity index (χ0) is 22.6. The maximum atomic E-state index is 13.4. The van der Waals surface area contributed by atoms with Gasteiger partial charge in [0.1, 0.15) is 11.5 Å². The van der Waals surface area contributed by atoms with Gasteiger partial charge in [-0.05, 0) is 43.0 Å². The molecule has 1 fully saturated rings. The Morgan fingerprint density at radius 3 is 2.09 bits per heavy atom. The average molecular weight is 453 g/mol. The molecule has 32 heavy (non-hydrogen) atoms. The van der Waals surface area contributed by atoms with Crippen LogP contribution in [0, 0.1) is 6.92 Å². The summed E-state index contributed by atoms with van der Waals surface area (Å²) in [4.78, 5) is 15.0. The highest BCUT2D eigenvalue weighted by atomic mass is 32.2. The predicted octanol–water partition coefficient (Wildman–Crippen LogP) is 4.11. The van der Waals surface area contributed by atoms with Crippen molar-refractivity contribution in [1.82, 2.24) is 9.21 Å². The number of hydrogen-bond acceptors (Lipinski definition) is 4. The Bertz CT molecular complexity index is 1140. The highest BCUT2D eigenvalue weighted by Gasteiger charge is 2.39. The third-order valence-electron chi connectivity index (χ3n) is 5.51. The van der Waals surface area contributed by atoms with Crippen LogP contribution in [0.2, 0.25) is 0 Å². The molecule has 1 saturated carbocycles. The molecule has 1 aromatic heterocycles. The summed E-state index contributed by atoms with van der Waals surface area (Å²) in [5.41, 5.74) is 1.70. The molecule has 3 aromatic rings. The van der Waals surface area contributed by atoms with Gasteiger partial charge in [-0.25, -0.2) is 8.42 Å². The molecule has 4 rings (SSSR count). The van der Waals surface area contributed by atoms with Gasteiger partial charge in [0.15, 0.2) is 0 Å². The normalized spacial score (nSPS) is 13.9. The molecule has 2 aromatic carbocycles. The molecule has 0 aliphatic heterocycles. The fraction of sp³-hybridized carbons (Fsp3) is 0.320. The molecular weight excluding hydrogens is 424 g/mol. The summed E-state index contributed by atoms with van der Waals surface area (Å²) in [6.45, 7) is 2.37. The van der Waals surface area contributed by atoms with Crippen molar-refractivity contribution < 1.29 is 17.6 Å². The fourth-order valence-corrected chi connectivity index (χ4v) is 5.46. The lowest BCUT2D eigenvalue weighted by molar-refractivity contribution is -0.133. The van der Waals surface area contributed by atoms with Crippen molar-refractivity contribution in [3.63, 3.8) is 0 Å². The molecule has 0 saturated heterocycles. The second kappa shape index (κ2) is 9.71. The number of aryl methyl sites for hydroxylation is 1. The molecule has 0 unspecified atom stereocenters. The number of furan rings is 1. The van der Waals surface area contributed by atoms with E-state index in [1.807, 2.05) is 67.6 Å². The summed E-state index contributed by atoms with van der Waals surface area (Å²) >= 11 is 0. The quantitative estimate of drug-likeness (QED) is 0.464. The minimum Gasteiger partial charge on any atom is -0.464 e. The first-order chi connectivity index (χ1) is 15.4. The summed E-state index contributed by atoms with van der Waals surface area (Å²) in [6, 6.07) is 22.4. The van der Waals surface area contributed by atoms with Gasteiger partial charge >= 0.3 is 0 Å². The monoisotopic (exact) mass is 452 g/mol. The van der Waals surface area contributed by atoms with E-state index < -0.39 is 10.0 Å². The van der Waals surface area contributed by atoms with Crippen molar-refractivity contribution >= 4 is 15.9 Å². The third-order valence-corrected chi connectivity index (χ3v) is 7.35. The molecule has 1 heterocycles. The lowest BCUT2D eigenvalue weighted by Crippen LogP contribution is -2.43. The van der Waals surface area contributed by atoms with Gasteiger partial charge in [-0.3, -0.25) is 4.79 Å². The number of sulfonamides is 1. The molecular formula is C25H28N2O4S. The Morgan fingerprint density at radius 2 is 1.53 bits per heavy atom. The summed E-state index contributed by atoms with van der Waals surface area (Å²) in [5, 5.41) is 0. The number of amides is 1. The van der Waals surface area contributed by atoms with Crippen LogP contribution in [-0.4, -0.2) is 36.1 Å². The van der Waals surface area contributed by atoms with Gasteiger partial charge in [-0.15, -0.1) is 0 Å². The molecule has 7 heteroatoms. The smallest absolute Gasteiger partial charge is 0.238 e. The highest BCUT2D eigenvalue weighted by Crippen LogP contribution is 2.30. The topological polar surface area (TPSA) is 70.8 Å². The SMILES string of the molecule is Cc1ccc(CN(Cc2ccccc2)C(=O)CN(C2CC2)S(=O)(=O)Cc2ccccc2)o1. The van der Waals surface area contributed by atoms with Crippen LogP contribution in [0.5, 0.6) is 0 Å². The lowest BCUT2D eigenvalue weighted by Gasteiger charge is -2.27. The zero-order valence-electron chi connectivity index (χ0n) is 18.2. The summed E-state index contributed by atoms with van der Waals surface area (Å²) in [5.74, 6) is 1.12. The third kappa shape index (κ3) is 5.87. The molecule has 168 valence electrons. The van der Waals surface area contributed by atoms with Crippen molar-refractivity contribution in [2.45, 2.75) is 44.6 Å². The van der Waals surface area contributed by atoms with E-state index >= 15 is 0 Å². The van der Waals surface area contributed by atoms with Crippen molar-refractivity contribution in [2.24, 2.45) is 0 Å². The maximum absolute atomic E-state index is 13.4. The molecule has 1 aliphatic rings. The van der Waals surface area contributed by atoms with Crippen LogP contribution in [0.1, 0.15) is 35.5 Å². The number of hydrogen-bond donors (Lipinski definition) is 0. The van der Waals surface area contributed by atoms with Crippen molar-refractivity contribution in [2.75, 3.05) is 6.54 Å². The van der Waals surface area contributed by atoms with Crippen LogP contribution >= 0.6 is 0 Å². The molecule has 0 atom stereocenters. The van der Waals surface area contributed by atoms with E-state index in [2.05, 4.69) is 0 Å². The predicted molar refractivity (Wildman–Crippen MR) is 123 cm³/mol. The fourth-order valence-electron chi connectivity index (χ4n) is 3.71. The number of carbonyl (C=O) groups is 1. The number of carbonyl (C=O) groups excluding carboxylic acids is 1. The van der Waals surface area contributed by atoms with Gasteiger partial charge < -0.3 is 9.32 Å². The van der Waals surface area contributed by atoms with Gasteiger partial charge in [-0.2, -0.15) is 4.31 Å². The Morgan fingerprint density at radius 1 is 0.906 bits per heavy atom. The standard InChI is InChI=1S/C25H28N2O4S/c1-20-12-15-24(31-20)17-26(16-21-8-4-2-5-9-21)25(28)18-27(23-13-14-23)32(29,30)19-22-10-6-3-7-11-22/h2-12,15,23H,13-14,16-19H2,1H3. The van der Waals surface area contributed by atoms with Crippen LogP contribution in [0.3, 0.4) is 0 Å². The van der Waals surface area contributed by atoms with E-state index in [0.29, 0.717) is 18.8 Å². The first-order valence-corrected chi connectivity index (χ1v) is 12.4. The van der Waals surface area contributed by atoms with Crippen LogP contribution in [0.25, 0.3) is 0 Å². The van der Waals surface area contributed by atoms with E-state index in [9.17, 15) is 13.2 Å². The molecule has 0 N–H and O–H groups in total. The summed E-state index contributed by atoms with van der Waals surface area (Å²) < 4.78 is 33.5. The minimum atomic E-state index is -3.62. The summed E-state index contributed by atoms with van der Waals surface area (Å²) in [7, 11) is -3.62. The van der Waals surface area contributed by atoms with E-state index in [4.69, 9.17) is 4.42 Å². The molecule has 1 amide bonds. The second-order valence-corrected chi connectivity index (χ2v) is 10.2. The van der Waals surface area contributed by atoms with Gasteiger partial charge in [-0.1, -0.05) is 60.7 Å². The second-order valence-electron chi connectivity index (χ2n) is 8.27. The first kappa shape index (κ1) is 22.3. The van der Waals surface area contributed by atoms with Crippen LogP contribution < -0.4 is 0 Å². The van der Waals surface area contributed by atoms with E-state index in [1.165, 1.54) is 4.31 Å². The van der Waals surface area contributed by atoms with Crippen molar-refractivity contribution in [3.8, 4) is 0 Å². The van der Waals surface area contributed by atoms with Crippen molar-refractivity contribution in [3.05, 3.63) is 95.4 Å². The lowest BCUT2D eigenvalue weighted by atomic mass is 10.2. The van der Waals surface area contributed by atoms with Crippen LogP contribution in [0.15, 0.2) is 77.2 Å². The molecule has 0 spiro atoms. The van der Waals surface area contributed by atoms with Gasteiger partial charge in [0, 0.05) is 12.6 Å². The molecule has 1 aliphatic carbocycles. The molecule has 0 radical (unpaired) electrons. The number of benzene rings is 2. The number of nitrogens with zero attached hydrogens (tertiary/aromatic N) is 2. The van der Waals surface area contributed by atoms with Gasteiger partial charge in [0.25, 0.3) is 0 Å². The Balaban J connectivity index is 1.53. The van der Waals surface area contributed by atoms with E-state index in [-0.39, 0.29) is 24.2 Å². The first-order valence-electron chi connectivity index (χ1n) is 10.8. The Labute approximate surface area is 189 Å². The maximum Gasteiger partial charge on any atom is 0.238 e. The average Bonchev–Trinajstić information content (AvgIpc) is 3.53. The van der Waals surface area contributed by atoms with E-state index in [1.54, 1.807) is 17.0 Å². The van der Waals surface area contributed by atoms with Gasteiger partial charge in [0.2, 0.25) is 15.9 Å². The Hall–Kier alpha value is -2.90. The number of rotatable bonds is 10. The highest BCUT2D eigenvalue weighted by molar-refractivity contribution is 7.88. The molecule has 6 nitrogen and oxygen atoms in total. The van der Waals surface area contributed by atoms with Crippen LogP contribution in [0.4, 0.5) is 0 Å². The minimum absolute atomic E-state index is 0.0999. The van der Waals surface area contributed by atoms with Crippen molar-refractivity contribution in [1.29, 1.82) is 0 Å². The molecule has 0 bridgehead atoms. The van der Waals surface area contributed by atoms with Crippen LogP contribution in [-0.2, 0) is 33.7 Å². The Kier molecular flexibility index (Phi) is 6.77. The summed E-state index contributed by atoms with van der Waals surface area (Å²) in [6.07, 6.45) is 1.58. The van der Waals surface area contributed by atoms with E-state index in [0.717, 1.165) is 29.7 Å². The zero-order valence-corrected chi connectivity index (χ0v) is 19.0. The largest absolute Gasteiger partial charge is 0.464 e. The van der Waals surface area contributed by atoms with Gasteiger partial charge in [0.05, 0.1) is 18.8 Å².